The molecule has 1 aliphatic heterocycles. The van der Waals surface area contributed by atoms with Crippen molar-refractivity contribution in [2.45, 2.75) is 31.5 Å². The lowest BCUT2D eigenvalue weighted by molar-refractivity contribution is 0.0616. The first kappa shape index (κ1) is 11.8. The van der Waals surface area contributed by atoms with E-state index in [4.69, 9.17) is 4.74 Å². The minimum absolute atomic E-state index is 0.178. The molecule has 88 valence electrons. The van der Waals surface area contributed by atoms with Crippen molar-refractivity contribution in [1.29, 1.82) is 0 Å². The van der Waals surface area contributed by atoms with Gasteiger partial charge in [0.1, 0.15) is 11.9 Å². The van der Waals surface area contributed by atoms with Crippen molar-refractivity contribution < 1.29 is 9.84 Å². The second-order valence-corrected chi connectivity index (χ2v) is 5.15. The molecule has 1 heterocycles. The maximum Gasteiger partial charge on any atom is 0.125 e. The van der Waals surface area contributed by atoms with Gasteiger partial charge in [0, 0.05) is 12.0 Å². The van der Waals surface area contributed by atoms with Gasteiger partial charge in [0.05, 0.1) is 6.10 Å². The van der Waals surface area contributed by atoms with Crippen molar-refractivity contribution in [2.75, 3.05) is 12.0 Å². The molecule has 0 aliphatic carbocycles. The molecule has 3 heteroatoms. The summed E-state index contributed by atoms with van der Waals surface area (Å²) in [5.41, 5.74) is 0.934. The summed E-state index contributed by atoms with van der Waals surface area (Å²) in [6.45, 7) is 0. The van der Waals surface area contributed by atoms with E-state index in [1.165, 1.54) is 0 Å². The van der Waals surface area contributed by atoms with E-state index >= 15 is 0 Å². The van der Waals surface area contributed by atoms with Crippen molar-refractivity contribution >= 4 is 11.8 Å². The van der Waals surface area contributed by atoms with Crippen LogP contribution in [0.15, 0.2) is 24.3 Å². The number of hydrogen-bond acceptors (Lipinski definition) is 3. The molecule has 1 aliphatic rings. The first-order valence-electron chi connectivity index (χ1n) is 5.74. The summed E-state index contributed by atoms with van der Waals surface area (Å²) in [4.78, 5) is 0. The minimum Gasteiger partial charge on any atom is -0.490 e. The molecule has 0 radical (unpaired) electrons. The zero-order valence-corrected chi connectivity index (χ0v) is 10.4. The maximum atomic E-state index is 10.0. The van der Waals surface area contributed by atoms with Gasteiger partial charge in [-0.05, 0) is 30.9 Å². The molecular formula is C13H18O2S. The monoisotopic (exact) mass is 238 g/mol. The second kappa shape index (κ2) is 5.60. The van der Waals surface area contributed by atoms with Crippen LogP contribution in [0.1, 0.15) is 30.9 Å². The molecule has 1 unspecified atom stereocenters. The molecule has 1 aromatic carbocycles. The maximum absolute atomic E-state index is 10.0. The third kappa shape index (κ3) is 2.71. The van der Waals surface area contributed by atoms with Gasteiger partial charge in [-0.1, -0.05) is 18.2 Å². The average molecular weight is 238 g/mol. The van der Waals surface area contributed by atoms with Crippen LogP contribution in [0.25, 0.3) is 0 Å². The second-order valence-electron chi connectivity index (χ2n) is 4.16. The highest BCUT2D eigenvalue weighted by atomic mass is 32.2. The number of para-hydroxylation sites is 1. The van der Waals surface area contributed by atoms with Crippen LogP contribution in [0.3, 0.4) is 0 Å². The molecule has 2 atom stereocenters. The van der Waals surface area contributed by atoms with Crippen LogP contribution in [0.2, 0.25) is 0 Å². The lowest BCUT2D eigenvalue weighted by Gasteiger charge is -2.29. The van der Waals surface area contributed by atoms with E-state index in [0.29, 0.717) is 0 Å². The predicted molar refractivity (Wildman–Crippen MR) is 68.1 cm³/mol. The molecule has 0 saturated carbocycles. The van der Waals surface area contributed by atoms with E-state index in [2.05, 4.69) is 6.26 Å². The van der Waals surface area contributed by atoms with Crippen LogP contribution >= 0.6 is 11.8 Å². The number of benzene rings is 1. The van der Waals surface area contributed by atoms with Crippen LogP contribution in [-0.2, 0) is 0 Å². The Balaban J connectivity index is 1.98. The van der Waals surface area contributed by atoms with Gasteiger partial charge in [-0.3, -0.25) is 0 Å². The fraction of sp³-hybridized carbons (Fsp3) is 0.538. The van der Waals surface area contributed by atoms with Crippen molar-refractivity contribution in [3.05, 3.63) is 29.8 Å². The summed E-state index contributed by atoms with van der Waals surface area (Å²) in [6, 6.07) is 7.78. The van der Waals surface area contributed by atoms with Gasteiger partial charge >= 0.3 is 0 Å². The quantitative estimate of drug-likeness (QED) is 0.818. The molecule has 0 fully saturated rings. The molecule has 2 nitrogen and oxygen atoms in total. The van der Waals surface area contributed by atoms with Crippen LogP contribution in [0, 0.1) is 0 Å². The van der Waals surface area contributed by atoms with Gasteiger partial charge < -0.3 is 9.84 Å². The fourth-order valence-corrected chi connectivity index (χ4v) is 2.55. The number of hydrogen-bond donors (Lipinski definition) is 1. The Kier molecular flexibility index (Phi) is 4.13. The largest absolute Gasteiger partial charge is 0.490 e. The molecular weight excluding hydrogens is 220 g/mol. The number of thioether (sulfide) groups is 1. The van der Waals surface area contributed by atoms with E-state index in [1.807, 2.05) is 36.0 Å². The van der Waals surface area contributed by atoms with E-state index in [9.17, 15) is 5.11 Å². The predicted octanol–water partition coefficient (Wildman–Crippen LogP) is 3.01. The van der Waals surface area contributed by atoms with E-state index in [-0.39, 0.29) is 12.2 Å². The SMILES string of the molecule is CSCCCC1C[C@H](O)c2ccccc2O1. The zero-order chi connectivity index (χ0) is 11.4. The van der Waals surface area contributed by atoms with Crippen molar-refractivity contribution in [3.8, 4) is 5.75 Å². The molecule has 1 N–H and O–H groups in total. The Morgan fingerprint density at radius 3 is 3.06 bits per heavy atom. The average Bonchev–Trinajstić information content (AvgIpc) is 2.30. The molecule has 16 heavy (non-hydrogen) atoms. The van der Waals surface area contributed by atoms with Crippen molar-refractivity contribution in [3.63, 3.8) is 0 Å². The van der Waals surface area contributed by atoms with E-state index < -0.39 is 0 Å². The normalized spacial score (nSPS) is 23.6. The summed E-state index contributed by atoms with van der Waals surface area (Å²) in [7, 11) is 0. The summed E-state index contributed by atoms with van der Waals surface area (Å²) in [5.74, 6) is 2.02. The number of rotatable bonds is 4. The highest BCUT2D eigenvalue weighted by molar-refractivity contribution is 7.98. The number of ether oxygens (including phenoxy) is 1. The summed E-state index contributed by atoms with van der Waals surface area (Å²) in [5, 5.41) is 10.0. The zero-order valence-electron chi connectivity index (χ0n) is 9.56. The molecule has 0 bridgehead atoms. The number of aliphatic hydroxyl groups excluding tert-OH is 1. The van der Waals surface area contributed by atoms with Crippen molar-refractivity contribution in [1.82, 2.24) is 0 Å². The molecule has 0 amide bonds. The summed E-state index contributed by atoms with van der Waals surface area (Å²) in [6.07, 6.45) is 4.85. The molecule has 0 aromatic heterocycles. The highest BCUT2D eigenvalue weighted by Crippen LogP contribution is 2.35. The summed E-state index contributed by atoms with van der Waals surface area (Å²) < 4.78 is 5.88. The Hall–Kier alpha value is -0.670. The van der Waals surface area contributed by atoms with Gasteiger partial charge in [-0.15, -0.1) is 0 Å². The smallest absolute Gasteiger partial charge is 0.125 e. The first-order valence-corrected chi connectivity index (χ1v) is 7.13. The molecule has 2 rings (SSSR count). The Morgan fingerprint density at radius 1 is 1.44 bits per heavy atom. The van der Waals surface area contributed by atoms with Crippen LogP contribution in [0.5, 0.6) is 5.75 Å². The third-order valence-electron chi connectivity index (χ3n) is 2.93. The van der Waals surface area contributed by atoms with Crippen LogP contribution < -0.4 is 4.74 Å². The van der Waals surface area contributed by atoms with E-state index in [1.54, 1.807) is 0 Å². The summed E-state index contributed by atoms with van der Waals surface area (Å²) >= 11 is 1.86. The Labute approximate surface area is 101 Å². The standard InChI is InChI=1S/C13H18O2S/c1-16-8-4-5-10-9-12(14)11-6-2-3-7-13(11)15-10/h2-3,6-7,10,12,14H,4-5,8-9H2,1H3/t10?,12-/m0/s1. The number of fused-ring (bicyclic) bond motifs is 1. The van der Waals surface area contributed by atoms with Gasteiger partial charge in [-0.2, -0.15) is 11.8 Å². The number of aliphatic hydroxyl groups is 1. The fourth-order valence-electron chi connectivity index (χ4n) is 2.10. The Bertz CT molecular complexity index is 340. The molecule has 0 saturated heterocycles. The van der Waals surface area contributed by atoms with Gasteiger partial charge in [0.25, 0.3) is 0 Å². The molecule has 0 spiro atoms. The van der Waals surface area contributed by atoms with E-state index in [0.717, 1.165) is 36.3 Å². The van der Waals surface area contributed by atoms with Crippen molar-refractivity contribution in [2.24, 2.45) is 0 Å². The van der Waals surface area contributed by atoms with Gasteiger partial charge in [0.2, 0.25) is 0 Å². The lowest BCUT2D eigenvalue weighted by Crippen LogP contribution is -2.25. The third-order valence-corrected chi connectivity index (χ3v) is 3.63. The lowest BCUT2D eigenvalue weighted by atomic mass is 9.97. The molecule has 1 aromatic rings. The highest BCUT2D eigenvalue weighted by Gasteiger charge is 2.25. The topological polar surface area (TPSA) is 29.5 Å². The minimum atomic E-state index is -0.357. The van der Waals surface area contributed by atoms with Crippen LogP contribution in [0.4, 0.5) is 0 Å². The first-order chi connectivity index (χ1) is 7.81. The van der Waals surface area contributed by atoms with Gasteiger partial charge in [0.15, 0.2) is 0 Å². The van der Waals surface area contributed by atoms with Crippen LogP contribution in [-0.4, -0.2) is 23.2 Å². The van der Waals surface area contributed by atoms with Gasteiger partial charge in [-0.25, -0.2) is 0 Å². The Morgan fingerprint density at radius 2 is 2.25 bits per heavy atom.